The highest BCUT2D eigenvalue weighted by atomic mass is 16.5. The van der Waals surface area contributed by atoms with Crippen LogP contribution in [0.1, 0.15) is 5.56 Å². The Morgan fingerprint density at radius 2 is 2.13 bits per heavy atom. The van der Waals surface area contributed by atoms with Gasteiger partial charge >= 0.3 is 5.97 Å². The first-order valence-electron chi connectivity index (χ1n) is 7.36. The third kappa shape index (κ3) is 3.43. The maximum Gasteiger partial charge on any atom is 0.317 e. The van der Waals surface area contributed by atoms with Crippen LogP contribution in [-0.4, -0.2) is 25.0 Å². The van der Waals surface area contributed by atoms with Crippen molar-refractivity contribution in [3.8, 4) is 11.8 Å². The van der Waals surface area contributed by atoms with Crippen LogP contribution in [-0.2, 0) is 9.53 Å². The smallest absolute Gasteiger partial charge is 0.317 e. The lowest BCUT2D eigenvalue weighted by Crippen LogP contribution is -2.11. The molecule has 0 amide bonds. The van der Waals surface area contributed by atoms with Gasteiger partial charge in [0.25, 0.3) is 0 Å². The zero-order chi connectivity index (χ0) is 16.2. The highest BCUT2D eigenvalue weighted by Crippen LogP contribution is 2.28. The molecule has 1 saturated heterocycles. The molecule has 5 heteroatoms. The van der Waals surface area contributed by atoms with Gasteiger partial charge in [0.1, 0.15) is 12.4 Å². The van der Waals surface area contributed by atoms with E-state index in [4.69, 9.17) is 15.9 Å². The first kappa shape index (κ1) is 14.9. The number of hydrogen-bond acceptors (Lipinski definition) is 4. The molecule has 116 valence electrons. The third-order valence-corrected chi connectivity index (χ3v) is 3.78. The number of carbonyl (C=O) groups excluding carboxylic acids is 1. The molecule has 1 aromatic carbocycles. The Balaban J connectivity index is 1.54. The molecule has 5 nitrogen and oxygen atoms in total. The third-order valence-electron chi connectivity index (χ3n) is 3.78. The van der Waals surface area contributed by atoms with E-state index in [2.05, 4.69) is 17.2 Å². The number of fused-ring (bicyclic) bond motifs is 1. The van der Waals surface area contributed by atoms with Gasteiger partial charge in [-0.3, -0.25) is 10.2 Å². The molecule has 0 bridgehead atoms. The van der Waals surface area contributed by atoms with Gasteiger partial charge in [-0.05, 0) is 29.8 Å². The van der Waals surface area contributed by atoms with Crippen molar-refractivity contribution >= 4 is 17.5 Å². The van der Waals surface area contributed by atoms with E-state index in [1.165, 1.54) is 0 Å². The molecule has 2 atom stereocenters. The Kier molecular flexibility index (Phi) is 4.15. The van der Waals surface area contributed by atoms with Crippen molar-refractivity contribution in [3.63, 3.8) is 0 Å². The van der Waals surface area contributed by atoms with Crippen LogP contribution >= 0.6 is 0 Å². The molecule has 1 heterocycles. The van der Waals surface area contributed by atoms with E-state index in [1.54, 1.807) is 12.1 Å². The SMILES string of the molecule is N=C(N)c1ccc(NCC#CC2C=CC3C(=O)OCC3=C2)cc1. The molecule has 0 aromatic heterocycles. The number of amidine groups is 1. The molecule has 2 unspecified atom stereocenters. The molecule has 1 fully saturated rings. The topological polar surface area (TPSA) is 88.2 Å². The molecule has 23 heavy (non-hydrogen) atoms. The van der Waals surface area contributed by atoms with Crippen LogP contribution in [0.2, 0.25) is 0 Å². The fraction of sp³-hybridized carbons (Fsp3) is 0.222. The Labute approximate surface area is 134 Å². The van der Waals surface area contributed by atoms with Gasteiger partial charge in [0.2, 0.25) is 0 Å². The normalized spacial score (nSPS) is 21.6. The number of esters is 1. The number of benzene rings is 1. The predicted octanol–water partition coefficient (Wildman–Crippen LogP) is 1.67. The summed E-state index contributed by atoms with van der Waals surface area (Å²) in [5, 5.41) is 10.5. The standard InChI is InChI=1S/C18H17N3O2/c19-17(20)13-4-6-15(7-5-13)21-9-1-2-12-3-8-16-14(10-12)11-23-18(16)22/h3-8,10,12,16,21H,9,11H2,(H3,19,20). The zero-order valence-corrected chi connectivity index (χ0v) is 12.5. The van der Waals surface area contributed by atoms with Crippen molar-refractivity contribution in [2.45, 2.75) is 0 Å². The van der Waals surface area contributed by atoms with Gasteiger partial charge in [0.05, 0.1) is 18.4 Å². The number of allylic oxidation sites excluding steroid dienone is 2. The average molecular weight is 307 g/mol. The van der Waals surface area contributed by atoms with Gasteiger partial charge in [-0.25, -0.2) is 0 Å². The second-order valence-electron chi connectivity index (χ2n) is 5.40. The van der Waals surface area contributed by atoms with Crippen LogP contribution in [0.3, 0.4) is 0 Å². The Hall–Kier alpha value is -3.00. The first-order chi connectivity index (χ1) is 11.1. The summed E-state index contributed by atoms with van der Waals surface area (Å²) in [6.45, 7) is 0.901. The predicted molar refractivity (Wildman–Crippen MR) is 88.9 cm³/mol. The monoisotopic (exact) mass is 307 g/mol. The van der Waals surface area contributed by atoms with Crippen molar-refractivity contribution in [3.05, 3.63) is 53.6 Å². The lowest BCUT2D eigenvalue weighted by molar-refractivity contribution is -0.140. The summed E-state index contributed by atoms with van der Waals surface area (Å²) in [5.74, 6) is 5.94. The van der Waals surface area contributed by atoms with Gasteiger partial charge in [-0.15, -0.1) is 0 Å². The number of cyclic esters (lactones) is 1. The second kappa shape index (κ2) is 6.41. The van der Waals surface area contributed by atoms with E-state index in [0.717, 1.165) is 11.3 Å². The molecule has 1 aliphatic heterocycles. The van der Waals surface area contributed by atoms with E-state index in [-0.39, 0.29) is 23.6 Å². The van der Waals surface area contributed by atoms with Gasteiger partial charge in [0, 0.05) is 11.3 Å². The molecule has 1 aromatic rings. The summed E-state index contributed by atoms with van der Waals surface area (Å²) in [6.07, 6.45) is 5.82. The summed E-state index contributed by atoms with van der Waals surface area (Å²) in [4.78, 5) is 11.4. The van der Waals surface area contributed by atoms with Crippen LogP contribution in [0.4, 0.5) is 5.69 Å². The van der Waals surface area contributed by atoms with Gasteiger partial charge in [-0.1, -0.05) is 30.1 Å². The van der Waals surface area contributed by atoms with E-state index >= 15 is 0 Å². The Bertz CT molecular complexity index is 751. The number of rotatable bonds is 3. The zero-order valence-electron chi connectivity index (χ0n) is 12.5. The summed E-state index contributed by atoms with van der Waals surface area (Å²) in [5.41, 5.74) is 8.04. The molecule has 1 aliphatic carbocycles. The van der Waals surface area contributed by atoms with Gasteiger partial charge in [0.15, 0.2) is 0 Å². The Morgan fingerprint density at radius 1 is 1.35 bits per heavy atom. The van der Waals surface area contributed by atoms with Gasteiger partial charge < -0.3 is 15.8 Å². The molecule has 4 N–H and O–H groups in total. The van der Waals surface area contributed by atoms with Crippen molar-refractivity contribution < 1.29 is 9.53 Å². The van der Waals surface area contributed by atoms with Crippen molar-refractivity contribution in [1.82, 2.24) is 0 Å². The molecule has 2 aliphatic rings. The maximum absolute atomic E-state index is 11.4. The van der Waals surface area contributed by atoms with Crippen molar-refractivity contribution in [1.29, 1.82) is 5.41 Å². The lowest BCUT2D eigenvalue weighted by Gasteiger charge is -2.10. The highest BCUT2D eigenvalue weighted by molar-refractivity contribution is 5.95. The summed E-state index contributed by atoms with van der Waals surface area (Å²) >= 11 is 0. The van der Waals surface area contributed by atoms with E-state index < -0.39 is 0 Å². The largest absolute Gasteiger partial charge is 0.460 e. The van der Waals surface area contributed by atoms with E-state index in [0.29, 0.717) is 18.7 Å². The highest BCUT2D eigenvalue weighted by Gasteiger charge is 2.31. The number of nitrogens with two attached hydrogens (primary N) is 1. The number of nitrogens with one attached hydrogen (secondary N) is 2. The minimum Gasteiger partial charge on any atom is -0.460 e. The number of hydrogen-bond donors (Lipinski definition) is 3. The van der Waals surface area contributed by atoms with Crippen molar-refractivity contribution in [2.24, 2.45) is 17.6 Å². The summed E-state index contributed by atoms with van der Waals surface area (Å²) < 4.78 is 5.02. The number of anilines is 1. The number of carbonyl (C=O) groups is 1. The molecule has 0 spiro atoms. The minimum atomic E-state index is -0.203. The van der Waals surface area contributed by atoms with Crippen molar-refractivity contribution in [2.75, 3.05) is 18.5 Å². The molecule has 0 radical (unpaired) electrons. The molecule has 0 saturated carbocycles. The van der Waals surface area contributed by atoms with Crippen LogP contribution < -0.4 is 11.1 Å². The van der Waals surface area contributed by atoms with Crippen LogP contribution in [0.5, 0.6) is 0 Å². The Morgan fingerprint density at radius 3 is 2.87 bits per heavy atom. The van der Waals surface area contributed by atoms with E-state index in [1.807, 2.05) is 30.4 Å². The van der Waals surface area contributed by atoms with Crippen LogP contribution in [0, 0.1) is 29.1 Å². The van der Waals surface area contributed by atoms with Crippen LogP contribution in [0.25, 0.3) is 0 Å². The average Bonchev–Trinajstić information content (AvgIpc) is 2.93. The van der Waals surface area contributed by atoms with Crippen LogP contribution in [0.15, 0.2) is 48.1 Å². The maximum atomic E-state index is 11.4. The number of ether oxygens (including phenoxy) is 1. The summed E-state index contributed by atoms with van der Waals surface area (Å²) in [7, 11) is 0. The fourth-order valence-corrected chi connectivity index (χ4v) is 2.53. The number of nitrogen functional groups attached to an aromatic ring is 1. The second-order valence-corrected chi connectivity index (χ2v) is 5.40. The van der Waals surface area contributed by atoms with Gasteiger partial charge in [-0.2, -0.15) is 0 Å². The molecule has 3 rings (SSSR count). The lowest BCUT2D eigenvalue weighted by atomic mass is 9.91. The van der Waals surface area contributed by atoms with E-state index in [9.17, 15) is 4.79 Å². The summed E-state index contributed by atoms with van der Waals surface area (Å²) in [6, 6.07) is 7.33. The minimum absolute atomic E-state index is 0.0256. The fourth-order valence-electron chi connectivity index (χ4n) is 2.53. The quantitative estimate of drug-likeness (QED) is 0.261. The first-order valence-corrected chi connectivity index (χ1v) is 7.36. The molecular weight excluding hydrogens is 290 g/mol. The molecular formula is C18H17N3O2.